The number of Topliss-reactive ketones (excluding diaryl/α,β-unsaturated/α-hetero) is 1. The van der Waals surface area contributed by atoms with Gasteiger partial charge in [0.25, 0.3) is 5.69 Å². The van der Waals surface area contributed by atoms with Crippen LogP contribution < -0.4 is 9.64 Å². The van der Waals surface area contributed by atoms with E-state index in [2.05, 4.69) is 0 Å². The van der Waals surface area contributed by atoms with Gasteiger partial charge in [-0.25, -0.2) is 0 Å². The number of hydrogen-bond donors (Lipinski definition) is 0. The Kier molecular flexibility index (Phi) is 5.69. The molecule has 2 heterocycles. The number of non-ortho nitro benzene ring substituents is 1. The van der Waals surface area contributed by atoms with Crippen LogP contribution in [0.5, 0.6) is 5.75 Å². The van der Waals surface area contributed by atoms with E-state index in [1.54, 1.807) is 17.5 Å². The quantitative estimate of drug-likeness (QED) is 0.301. The molecule has 1 aromatic carbocycles. The fourth-order valence-electron chi connectivity index (χ4n) is 2.86. The maximum absolute atomic E-state index is 12.4. The van der Waals surface area contributed by atoms with Gasteiger partial charge in [-0.1, -0.05) is 6.07 Å². The Balaban J connectivity index is 1.67. The van der Waals surface area contributed by atoms with Crippen LogP contribution in [-0.2, 0) is 14.3 Å². The summed E-state index contributed by atoms with van der Waals surface area (Å²) in [5, 5.41) is 12.7. The molecule has 9 nitrogen and oxygen atoms in total. The second kappa shape index (κ2) is 8.17. The first-order valence-corrected chi connectivity index (χ1v) is 9.14. The van der Waals surface area contributed by atoms with E-state index < -0.39 is 16.8 Å². The molecule has 0 unspecified atom stereocenters. The van der Waals surface area contributed by atoms with Crippen LogP contribution in [0.1, 0.15) is 16.1 Å². The molecule has 1 atom stereocenters. The molecule has 1 amide bonds. The predicted molar refractivity (Wildman–Crippen MR) is 99.7 cm³/mol. The van der Waals surface area contributed by atoms with Gasteiger partial charge in [-0.15, -0.1) is 11.3 Å². The van der Waals surface area contributed by atoms with Gasteiger partial charge in [0.1, 0.15) is 5.75 Å². The fourth-order valence-corrected chi connectivity index (χ4v) is 3.52. The van der Waals surface area contributed by atoms with Crippen LogP contribution in [0.3, 0.4) is 0 Å². The Hall–Kier alpha value is -3.27. The number of methoxy groups -OCH3 is 1. The average molecular weight is 404 g/mol. The minimum Gasteiger partial charge on any atom is -0.494 e. The van der Waals surface area contributed by atoms with E-state index in [0.717, 1.165) is 0 Å². The van der Waals surface area contributed by atoms with Crippen LogP contribution in [0.4, 0.5) is 11.4 Å². The van der Waals surface area contributed by atoms with Gasteiger partial charge < -0.3 is 14.4 Å². The molecule has 146 valence electrons. The standard InChI is InChI=1S/C18H16N2O7S/c1-26-15-8-12(20(24)25)4-5-13(15)19-9-11(7-17(19)22)18(23)27-10-14(21)16-3-2-6-28-16/h2-6,8,11H,7,9-10H2,1H3/t11-/m0/s1. The number of nitro benzene ring substituents is 1. The number of rotatable bonds is 7. The SMILES string of the molecule is COc1cc([N+](=O)[O-])ccc1N1C[C@@H](C(=O)OCC(=O)c2cccs2)CC1=O. The van der Waals surface area contributed by atoms with Gasteiger partial charge in [-0.3, -0.25) is 24.5 Å². The number of anilines is 1. The summed E-state index contributed by atoms with van der Waals surface area (Å²) in [5.41, 5.74) is 0.165. The molecule has 1 saturated heterocycles. The molecule has 0 spiro atoms. The van der Waals surface area contributed by atoms with E-state index >= 15 is 0 Å². The number of ether oxygens (including phenoxy) is 2. The summed E-state index contributed by atoms with van der Waals surface area (Å²) in [6.45, 7) is -0.343. The molecular formula is C18H16N2O7S. The summed E-state index contributed by atoms with van der Waals surface area (Å²) in [5.74, 6) is -1.85. The van der Waals surface area contributed by atoms with Gasteiger partial charge in [-0.2, -0.15) is 0 Å². The molecule has 1 aliphatic rings. The normalized spacial score (nSPS) is 16.1. The maximum Gasteiger partial charge on any atom is 0.311 e. The van der Waals surface area contributed by atoms with Crippen LogP contribution in [0.15, 0.2) is 35.7 Å². The van der Waals surface area contributed by atoms with Gasteiger partial charge in [-0.05, 0) is 17.5 Å². The Morgan fingerprint density at radius 1 is 1.36 bits per heavy atom. The molecule has 3 rings (SSSR count). The maximum atomic E-state index is 12.4. The van der Waals surface area contributed by atoms with Gasteiger partial charge in [0, 0.05) is 19.0 Å². The van der Waals surface area contributed by atoms with E-state index in [-0.39, 0.29) is 42.7 Å². The third-order valence-corrected chi connectivity index (χ3v) is 5.18. The zero-order chi connectivity index (χ0) is 20.3. The van der Waals surface area contributed by atoms with Crippen LogP contribution in [-0.4, -0.2) is 42.8 Å². The highest BCUT2D eigenvalue weighted by Crippen LogP contribution is 2.36. The first-order valence-electron chi connectivity index (χ1n) is 8.27. The van der Waals surface area contributed by atoms with Gasteiger partial charge in [0.15, 0.2) is 6.61 Å². The number of thiophene rings is 1. The molecular weight excluding hydrogens is 388 g/mol. The summed E-state index contributed by atoms with van der Waals surface area (Å²) in [6, 6.07) is 7.25. The Morgan fingerprint density at radius 2 is 2.14 bits per heavy atom. The largest absolute Gasteiger partial charge is 0.494 e. The number of carbonyl (C=O) groups excluding carboxylic acids is 3. The number of carbonyl (C=O) groups is 3. The van der Waals surface area contributed by atoms with Crippen molar-refractivity contribution in [2.45, 2.75) is 6.42 Å². The van der Waals surface area contributed by atoms with Crippen molar-refractivity contribution in [1.82, 2.24) is 0 Å². The van der Waals surface area contributed by atoms with E-state index in [1.165, 1.54) is 41.5 Å². The number of ketones is 1. The molecule has 0 saturated carbocycles. The van der Waals surface area contributed by atoms with Gasteiger partial charge in [0.2, 0.25) is 11.7 Å². The third kappa shape index (κ3) is 4.01. The third-order valence-electron chi connectivity index (χ3n) is 4.26. The van der Waals surface area contributed by atoms with Gasteiger partial charge >= 0.3 is 5.97 Å². The zero-order valence-corrected chi connectivity index (χ0v) is 15.6. The molecule has 1 aromatic heterocycles. The molecule has 0 aliphatic carbocycles. The summed E-state index contributed by atoms with van der Waals surface area (Å²) in [4.78, 5) is 48.7. The van der Waals surface area contributed by atoms with Crippen molar-refractivity contribution >= 4 is 40.4 Å². The second-order valence-electron chi connectivity index (χ2n) is 6.03. The molecule has 10 heteroatoms. The Labute approximate surface area is 163 Å². The first-order chi connectivity index (χ1) is 13.4. The molecule has 1 fully saturated rings. The van der Waals surface area contributed by atoms with E-state index in [0.29, 0.717) is 10.6 Å². The number of amides is 1. The first kappa shape index (κ1) is 19.5. The lowest BCUT2D eigenvalue weighted by Crippen LogP contribution is -2.27. The number of benzene rings is 1. The van der Waals surface area contributed by atoms with E-state index in [9.17, 15) is 24.5 Å². The van der Waals surface area contributed by atoms with E-state index in [1.807, 2.05) is 0 Å². The zero-order valence-electron chi connectivity index (χ0n) is 14.8. The lowest BCUT2D eigenvalue weighted by atomic mass is 10.1. The summed E-state index contributed by atoms with van der Waals surface area (Å²) in [6.07, 6.45) is -0.0772. The highest BCUT2D eigenvalue weighted by molar-refractivity contribution is 7.12. The van der Waals surface area contributed by atoms with Crippen molar-refractivity contribution in [2.24, 2.45) is 5.92 Å². The highest BCUT2D eigenvalue weighted by Gasteiger charge is 2.37. The van der Waals surface area contributed by atoms with Crippen molar-refractivity contribution in [1.29, 1.82) is 0 Å². The van der Waals surface area contributed by atoms with Crippen LogP contribution in [0.2, 0.25) is 0 Å². The topological polar surface area (TPSA) is 116 Å². The summed E-state index contributed by atoms with van der Waals surface area (Å²) in [7, 11) is 1.34. The lowest BCUT2D eigenvalue weighted by Gasteiger charge is -2.19. The fraction of sp³-hybridized carbons (Fsp3) is 0.278. The minimum atomic E-state index is -0.733. The van der Waals surface area contributed by atoms with Crippen molar-refractivity contribution in [3.8, 4) is 5.75 Å². The Morgan fingerprint density at radius 3 is 2.79 bits per heavy atom. The smallest absolute Gasteiger partial charge is 0.311 e. The molecule has 2 aromatic rings. The molecule has 0 N–H and O–H groups in total. The monoisotopic (exact) mass is 404 g/mol. The average Bonchev–Trinajstić information content (AvgIpc) is 3.35. The Bertz CT molecular complexity index is 926. The van der Waals surface area contributed by atoms with Crippen LogP contribution in [0.25, 0.3) is 0 Å². The van der Waals surface area contributed by atoms with Crippen LogP contribution in [0, 0.1) is 16.0 Å². The number of esters is 1. The summed E-state index contributed by atoms with van der Waals surface area (Å²) < 4.78 is 10.2. The summed E-state index contributed by atoms with van der Waals surface area (Å²) >= 11 is 1.26. The molecule has 0 bridgehead atoms. The number of nitro groups is 1. The van der Waals surface area contributed by atoms with Crippen molar-refractivity contribution in [3.63, 3.8) is 0 Å². The predicted octanol–water partition coefficient (Wildman–Crippen LogP) is 2.44. The number of nitrogens with zero attached hydrogens (tertiary/aromatic N) is 2. The second-order valence-corrected chi connectivity index (χ2v) is 6.97. The van der Waals surface area contributed by atoms with Crippen molar-refractivity contribution in [2.75, 3.05) is 25.2 Å². The minimum absolute atomic E-state index is 0.0407. The lowest BCUT2D eigenvalue weighted by molar-refractivity contribution is -0.384. The van der Waals surface area contributed by atoms with Gasteiger partial charge in [0.05, 0.1) is 34.6 Å². The van der Waals surface area contributed by atoms with Crippen molar-refractivity contribution < 1.29 is 28.8 Å². The van der Waals surface area contributed by atoms with Crippen LogP contribution >= 0.6 is 11.3 Å². The van der Waals surface area contributed by atoms with E-state index in [4.69, 9.17) is 9.47 Å². The molecule has 1 aliphatic heterocycles. The van der Waals surface area contributed by atoms with Crippen molar-refractivity contribution in [3.05, 3.63) is 50.7 Å². The number of hydrogen-bond acceptors (Lipinski definition) is 8. The molecule has 0 radical (unpaired) electrons. The highest BCUT2D eigenvalue weighted by atomic mass is 32.1. The molecule has 28 heavy (non-hydrogen) atoms.